The molecule has 5 nitrogen and oxygen atoms in total. The predicted molar refractivity (Wildman–Crippen MR) is 96.8 cm³/mol. The van der Waals surface area contributed by atoms with Crippen molar-refractivity contribution in [3.8, 4) is 11.1 Å². The van der Waals surface area contributed by atoms with E-state index >= 15 is 0 Å². The van der Waals surface area contributed by atoms with Crippen LogP contribution in [0.3, 0.4) is 0 Å². The van der Waals surface area contributed by atoms with Crippen molar-refractivity contribution < 1.29 is 4.79 Å². The molecule has 0 unspecified atom stereocenters. The van der Waals surface area contributed by atoms with E-state index in [-0.39, 0.29) is 18.5 Å². The number of hydrogen-bond acceptors (Lipinski definition) is 5. The molecule has 24 heavy (non-hydrogen) atoms. The number of anilines is 1. The van der Waals surface area contributed by atoms with Gasteiger partial charge in [0.05, 0.1) is 6.54 Å². The SMILES string of the molecule is C[C@H](NCC(=O)Nc1nccs1)c1ccc(-c2cccnc2)cc1. The Labute approximate surface area is 144 Å². The zero-order valence-electron chi connectivity index (χ0n) is 13.3. The molecule has 6 heteroatoms. The monoisotopic (exact) mass is 338 g/mol. The molecule has 0 saturated heterocycles. The molecule has 0 aliphatic heterocycles. The molecule has 122 valence electrons. The lowest BCUT2D eigenvalue weighted by Crippen LogP contribution is -2.30. The smallest absolute Gasteiger partial charge is 0.240 e. The maximum absolute atomic E-state index is 11.9. The number of nitrogens with zero attached hydrogens (tertiary/aromatic N) is 2. The van der Waals surface area contributed by atoms with E-state index in [1.54, 1.807) is 12.4 Å². The molecule has 0 aliphatic carbocycles. The van der Waals surface area contributed by atoms with Crippen LogP contribution in [0.5, 0.6) is 0 Å². The lowest BCUT2D eigenvalue weighted by molar-refractivity contribution is -0.115. The summed E-state index contributed by atoms with van der Waals surface area (Å²) >= 11 is 1.41. The quantitative estimate of drug-likeness (QED) is 0.722. The lowest BCUT2D eigenvalue weighted by Gasteiger charge is -2.14. The van der Waals surface area contributed by atoms with E-state index in [0.29, 0.717) is 5.13 Å². The maximum atomic E-state index is 11.9. The number of carbonyl (C=O) groups is 1. The fourth-order valence-electron chi connectivity index (χ4n) is 2.31. The molecule has 0 aliphatic rings. The van der Waals surface area contributed by atoms with Crippen molar-refractivity contribution in [1.82, 2.24) is 15.3 Å². The number of hydrogen-bond donors (Lipinski definition) is 2. The topological polar surface area (TPSA) is 66.9 Å². The number of pyridine rings is 1. The number of benzene rings is 1. The van der Waals surface area contributed by atoms with Crippen molar-refractivity contribution in [3.05, 3.63) is 65.9 Å². The number of aromatic nitrogens is 2. The van der Waals surface area contributed by atoms with Crippen molar-refractivity contribution in [2.75, 3.05) is 11.9 Å². The zero-order chi connectivity index (χ0) is 16.8. The Morgan fingerprint density at radius 2 is 2.00 bits per heavy atom. The highest BCUT2D eigenvalue weighted by Gasteiger charge is 2.09. The molecule has 1 aromatic carbocycles. The van der Waals surface area contributed by atoms with Crippen molar-refractivity contribution >= 4 is 22.4 Å². The Morgan fingerprint density at radius 3 is 2.67 bits per heavy atom. The fourth-order valence-corrected chi connectivity index (χ4v) is 2.86. The van der Waals surface area contributed by atoms with E-state index in [1.165, 1.54) is 11.3 Å². The summed E-state index contributed by atoms with van der Waals surface area (Å²) in [5, 5.41) is 8.43. The van der Waals surface area contributed by atoms with Crippen molar-refractivity contribution in [2.45, 2.75) is 13.0 Å². The van der Waals surface area contributed by atoms with Crippen LogP contribution in [0, 0.1) is 0 Å². The van der Waals surface area contributed by atoms with Crippen LogP contribution in [0.25, 0.3) is 11.1 Å². The predicted octanol–water partition coefficient (Wildman–Crippen LogP) is 3.49. The van der Waals surface area contributed by atoms with Gasteiger partial charge in [-0.2, -0.15) is 0 Å². The van der Waals surface area contributed by atoms with Gasteiger partial charge in [-0.3, -0.25) is 9.78 Å². The third-order valence-electron chi connectivity index (χ3n) is 3.65. The first kappa shape index (κ1) is 16.3. The molecule has 0 spiro atoms. The summed E-state index contributed by atoms with van der Waals surface area (Å²) < 4.78 is 0. The summed E-state index contributed by atoms with van der Waals surface area (Å²) in [6.45, 7) is 2.28. The van der Waals surface area contributed by atoms with Gasteiger partial charge in [-0.25, -0.2) is 4.98 Å². The Balaban J connectivity index is 1.55. The Morgan fingerprint density at radius 1 is 1.17 bits per heavy atom. The minimum Gasteiger partial charge on any atom is -0.302 e. The molecule has 2 heterocycles. The van der Waals surface area contributed by atoms with Gasteiger partial charge in [-0.1, -0.05) is 30.3 Å². The average molecular weight is 338 g/mol. The van der Waals surface area contributed by atoms with Gasteiger partial charge in [0.1, 0.15) is 0 Å². The van der Waals surface area contributed by atoms with Crippen LogP contribution in [-0.2, 0) is 4.79 Å². The van der Waals surface area contributed by atoms with Crippen molar-refractivity contribution in [2.24, 2.45) is 0 Å². The number of amides is 1. The highest BCUT2D eigenvalue weighted by atomic mass is 32.1. The molecule has 0 bridgehead atoms. The van der Waals surface area contributed by atoms with Gasteiger partial charge >= 0.3 is 0 Å². The van der Waals surface area contributed by atoms with Crippen LogP contribution in [0.2, 0.25) is 0 Å². The normalized spacial score (nSPS) is 11.9. The standard InChI is InChI=1S/C18H18N4OS/c1-13(21-12-17(23)22-18-20-9-10-24-18)14-4-6-15(7-5-14)16-3-2-8-19-11-16/h2-11,13,21H,12H2,1H3,(H,20,22,23)/t13-/m0/s1. The van der Waals surface area contributed by atoms with E-state index in [1.807, 2.05) is 30.6 Å². The van der Waals surface area contributed by atoms with Gasteiger partial charge in [-0.15, -0.1) is 11.3 Å². The molecule has 0 fully saturated rings. The van der Waals surface area contributed by atoms with E-state index < -0.39 is 0 Å². The molecule has 0 radical (unpaired) electrons. The van der Waals surface area contributed by atoms with Gasteiger partial charge in [0.2, 0.25) is 5.91 Å². The third kappa shape index (κ3) is 4.24. The Kier molecular flexibility index (Phi) is 5.30. The van der Waals surface area contributed by atoms with Gasteiger partial charge in [0.25, 0.3) is 0 Å². The zero-order valence-corrected chi connectivity index (χ0v) is 14.1. The van der Waals surface area contributed by atoms with Crippen LogP contribution in [0.4, 0.5) is 5.13 Å². The minimum absolute atomic E-state index is 0.0787. The fraction of sp³-hybridized carbons (Fsp3) is 0.167. The minimum atomic E-state index is -0.0937. The Hall–Kier alpha value is -2.57. The average Bonchev–Trinajstić information content (AvgIpc) is 3.13. The van der Waals surface area contributed by atoms with Crippen LogP contribution >= 0.6 is 11.3 Å². The van der Waals surface area contributed by atoms with Gasteiger partial charge in [0.15, 0.2) is 5.13 Å². The van der Waals surface area contributed by atoms with Crippen molar-refractivity contribution in [1.29, 1.82) is 0 Å². The van der Waals surface area contributed by atoms with Crippen LogP contribution in [0.1, 0.15) is 18.5 Å². The Bertz CT molecular complexity index is 773. The lowest BCUT2D eigenvalue weighted by atomic mass is 10.0. The summed E-state index contributed by atoms with van der Waals surface area (Å²) in [6.07, 6.45) is 5.28. The molecule has 2 aromatic heterocycles. The molecule has 0 saturated carbocycles. The molecular weight excluding hydrogens is 320 g/mol. The molecule has 1 amide bonds. The first-order valence-electron chi connectivity index (χ1n) is 7.65. The largest absolute Gasteiger partial charge is 0.302 e. The molecule has 3 aromatic rings. The molecular formula is C18H18N4OS. The number of thiazole rings is 1. The molecule has 3 rings (SSSR count). The van der Waals surface area contributed by atoms with Crippen molar-refractivity contribution in [3.63, 3.8) is 0 Å². The summed E-state index contributed by atoms with van der Waals surface area (Å²) in [5.74, 6) is -0.0937. The van der Waals surface area contributed by atoms with E-state index in [0.717, 1.165) is 16.7 Å². The highest BCUT2D eigenvalue weighted by molar-refractivity contribution is 7.13. The van der Waals surface area contributed by atoms with E-state index in [4.69, 9.17) is 0 Å². The van der Waals surface area contributed by atoms with E-state index in [9.17, 15) is 4.79 Å². The summed E-state index contributed by atoms with van der Waals surface area (Å²) in [4.78, 5) is 20.0. The number of rotatable bonds is 6. The number of nitrogens with one attached hydrogen (secondary N) is 2. The van der Waals surface area contributed by atoms with Gasteiger partial charge < -0.3 is 10.6 Å². The van der Waals surface area contributed by atoms with Crippen LogP contribution in [0.15, 0.2) is 60.4 Å². The second-order valence-electron chi connectivity index (χ2n) is 5.35. The van der Waals surface area contributed by atoms with Crippen LogP contribution in [-0.4, -0.2) is 22.4 Å². The number of carbonyl (C=O) groups excluding carboxylic acids is 1. The van der Waals surface area contributed by atoms with Crippen LogP contribution < -0.4 is 10.6 Å². The first-order valence-corrected chi connectivity index (χ1v) is 8.53. The van der Waals surface area contributed by atoms with Gasteiger partial charge in [-0.05, 0) is 29.7 Å². The molecule has 2 N–H and O–H groups in total. The summed E-state index contributed by atoms with van der Waals surface area (Å²) in [6, 6.07) is 12.3. The van der Waals surface area contributed by atoms with Gasteiger partial charge in [0, 0.05) is 30.0 Å². The van der Waals surface area contributed by atoms with E-state index in [2.05, 4.69) is 44.9 Å². The maximum Gasteiger partial charge on any atom is 0.240 e. The summed E-state index contributed by atoms with van der Waals surface area (Å²) in [5.41, 5.74) is 3.35. The second-order valence-corrected chi connectivity index (χ2v) is 6.25. The summed E-state index contributed by atoms with van der Waals surface area (Å²) in [7, 11) is 0. The molecule has 1 atom stereocenters. The second kappa shape index (κ2) is 7.81. The third-order valence-corrected chi connectivity index (χ3v) is 4.34. The first-order chi connectivity index (χ1) is 11.7. The highest BCUT2D eigenvalue weighted by Crippen LogP contribution is 2.21.